The van der Waals surface area contributed by atoms with Crippen molar-refractivity contribution in [2.24, 2.45) is 0 Å². The van der Waals surface area contributed by atoms with Gasteiger partial charge in [0.05, 0.1) is 17.6 Å². The fourth-order valence-electron chi connectivity index (χ4n) is 1.53. The van der Waals surface area contributed by atoms with Crippen LogP contribution in [0.1, 0.15) is 23.7 Å². The minimum atomic E-state index is -0.692. The van der Waals surface area contributed by atoms with Crippen LogP contribution in [0, 0.1) is 10.1 Å². The molecule has 1 aromatic carbocycles. The number of hydrogen-bond acceptors (Lipinski definition) is 6. The van der Waals surface area contributed by atoms with Crippen molar-refractivity contribution in [2.75, 3.05) is 25.6 Å². The van der Waals surface area contributed by atoms with Gasteiger partial charge in [-0.2, -0.15) is 0 Å². The third-order valence-electron chi connectivity index (χ3n) is 2.47. The zero-order valence-corrected chi connectivity index (χ0v) is 11.8. The summed E-state index contributed by atoms with van der Waals surface area (Å²) in [7, 11) is 1.18. The van der Waals surface area contributed by atoms with E-state index in [1.54, 1.807) is 0 Å². The van der Waals surface area contributed by atoms with Gasteiger partial charge < -0.3 is 14.8 Å². The third-order valence-corrected chi connectivity index (χ3v) is 2.47. The lowest BCUT2D eigenvalue weighted by atomic mass is 10.1. The molecule has 8 heteroatoms. The van der Waals surface area contributed by atoms with Gasteiger partial charge >= 0.3 is 5.97 Å². The number of amides is 1. The van der Waals surface area contributed by atoms with Crippen molar-refractivity contribution in [3.8, 4) is 0 Å². The second kappa shape index (κ2) is 7.95. The van der Waals surface area contributed by atoms with E-state index in [0.29, 0.717) is 6.61 Å². The molecule has 1 aromatic rings. The Balaban J connectivity index is 2.89. The van der Waals surface area contributed by atoms with Gasteiger partial charge in [-0.3, -0.25) is 14.9 Å². The molecule has 0 aromatic heterocycles. The molecule has 0 unspecified atom stereocenters. The first-order valence-electron chi connectivity index (χ1n) is 6.24. The van der Waals surface area contributed by atoms with E-state index >= 15 is 0 Å². The number of nitrogens with zero attached hydrogens (tertiary/aromatic N) is 1. The molecule has 0 saturated heterocycles. The summed E-state index contributed by atoms with van der Waals surface area (Å²) in [5.41, 5.74) is -0.357. The molecule has 1 rings (SSSR count). The maximum atomic E-state index is 11.6. The SMILES string of the molecule is CCCOCC(=O)Nc1ccc(C(=O)OC)cc1[N+](=O)[O-]. The average molecular weight is 296 g/mol. The molecule has 8 nitrogen and oxygen atoms in total. The molecule has 0 aliphatic heterocycles. The minimum absolute atomic E-state index is 0.00208. The van der Waals surface area contributed by atoms with Crippen molar-refractivity contribution in [1.82, 2.24) is 0 Å². The molecule has 21 heavy (non-hydrogen) atoms. The molecular weight excluding hydrogens is 280 g/mol. The lowest BCUT2D eigenvalue weighted by Crippen LogP contribution is -2.19. The number of carbonyl (C=O) groups excluding carboxylic acids is 2. The molecule has 0 atom stereocenters. The van der Waals surface area contributed by atoms with Crippen LogP contribution in [-0.2, 0) is 14.3 Å². The Bertz CT molecular complexity index is 543. The van der Waals surface area contributed by atoms with Crippen LogP contribution < -0.4 is 5.32 Å². The van der Waals surface area contributed by atoms with Crippen LogP contribution in [0.15, 0.2) is 18.2 Å². The van der Waals surface area contributed by atoms with Crippen molar-refractivity contribution < 1.29 is 24.0 Å². The Morgan fingerprint density at radius 1 is 1.38 bits per heavy atom. The smallest absolute Gasteiger partial charge is 0.338 e. The standard InChI is InChI=1S/C13H16N2O6/c1-3-6-21-8-12(16)14-10-5-4-9(13(17)20-2)7-11(10)15(18)19/h4-5,7H,3,6,8H2,1-2H3,(H,14,16). The zero-order valence-electron chi connectivity index (χ0n) is 11.8. The second-order valence-electron chi connectivity index (χ2n) is 4.08. The maximum Gasteiger partial charge on any atom is 0.338 e. The first-order chi connectivity index (χ1) is 9.99. The third kappa shape index (κ3) is 4.84. The minimum Gasteiger partial charge on any atom is -0.465 e. The number of nitro benzene ring substituents is 1. The van der Waals surface area contributed by atoms with E-state index in [9.17, 15) is 19.7 Å². The molecule has 0 saturated carbocycles. The fraction of sp³-hybridized carbons (Fsp3) is 0.385. The number of ether oxygens (including phenoxy) is 2. The molecule has 0 aliphatic rings. The number of benzene rings is 1. The lowest BCUT2D eigenvalue weighted by molar-refractivity contribution is -0.384. The van der Waals surface area contributed by atoms with Crippen LogP contribution in [-0.4, -0.2) is 37.1 Å². The molecule has 114 valence electrons. The summed E-state index contributed by atoms with van der Waals surface area (Å²) in [6, 6.07) is 3.66. The van der Waals surface area contributed by atoms with Crippen LogP contribution in [0.25, 0.3) is 0 Å². The van der Waals surface area contributed by atoms with Crippen LogP contribution in [0.5, 0.6) is 0 Å². The lowest BCUT2D eigenvalue weighted by Gasteiger charge is -2.07. The summed E-state index contributed by atoms with van der Waals surface area (Å²) >= 11 is 0. The summed E-state index contributed by atoms with van der Waals surface area (Å²) in [5.74, 6) is -1.19. The molecule has 0 spiro atoms. The monoisotopic (exact) mass is 296 g/mol. The van der Waals surface area contributed by atoms with Crippen molar-refractivity contribution >= 4 is 23.3 Å². The number of carbonyl (C=O) groups is 2. The molecule has 1 N–H and O–H groups in total. The molecule has 1 amide bonds. The van der Waals surface area contributed by atoms with E-state index < -0.39 is 16.8 Å². The first kappa shape index (κ1) is 16.6. The van der Waals surface area contributed by atoms with Gasteiger partial charge in [0.25, 0.3) is 11.6 Å². The maximum absolute atomic E-state index is 11.6. The van der Waals surface area contributed by atoms with E-state index in [0.717, 1.165) is 12.5 Å². The van der Waals surface area contributed by atoms with Crippen molar-refractivity contribution in [3.05, 3.63) is 33.9 Å². The Morgan fingerprint density at radius 2 is 2.10 bits per heavy atom. The molecular formula is C13H16N2O6. The van der Waals surface area contributed by atoms with Crippen LogP contribution >= 0.6 is 0 Å². The van der Waals surface area contributed by atoms with Gasteiger partial charge in [0.15, 0.2) is 0 Å². The van der Waals surface area contributed by atoms with Crippen LogP contribution in [0.3, 0.4) is 0 Å². The van der Waals surface area contributed by atoms with E-state index in [1.807, 2.05) is 6.92 Å². The summed E-state index contributed by atoms with van der Waals surface area (Å²) in [5, 5.41) is 13.4. The second-order valence-corrected chi connectivity index (χ2v) is 4.08. The Labute approximate surface area is 121 Å². The van der Waals surface area contributed by atoms with Crippen molar-refractivity contribution in [1.29, 1.82) is 0 Å². The van der Waals surface area contributed by atoms with Gasteiger partial charge in [-0.25, -0.2) is 4.79 Å². The summed E-state index contributed by atoms with van der Waals surface area (Å²) in [6.45, 7) is 2.13. The van der Waals surface area contributed by atoms with Crippen LogP contribution in [0.4, 0.5) is 11.4 Å². The average Bonchev–Trinajstić information content (AvgIpc) is 2.46. The van der Waals surface area contributed by atoms with E-state index in [1.165, 1.54) is 19.2 Å². The Kier molecular flexibility index (Phi) is 6.28. The Morgan fingerprint density at radius 3 is 2.67 bits per heavy atom. The van der Waals surface area contributed by atoms with Gasteiger partial charge in [0.2, 0.25) is 0 Å². The predicted octanol–water partition coefficient (Wildman–Crippen LogP) is 1.75. The van der Waals surface area contributed by atoms with Crippen molar-refractivity contribution in [2.45, 2.75) is 13.3 Å². The van der Waals surface area contributed by atoms with Gasteiger partial charge in [0, 0.05) is 12.7 Å². The summed E-state index contributed by atoms with van der Waals surface area (Å²) < 4.78 is 9.53. The fourth-order valence-corrected chi connectivity index (χ4v) is 1.53. The molecule has 0 aliphatic carbocycles. The number of nitro groups is 1. The summed E-state index contributed by atoms with van der Waals surface area (Å²) in [4.78, 5) is 33.2. The predicted molar refractivity (Wildman–Crippen MR) is 74.2 cm³/mol. The van der Waals surface area contributed by atoms with Gasteiger partial charge in [0.1, 0.15) is 12.3 Å². The highest BCUT2D eigenvalue weighted by Crippen LogP contribution is 2.25. The van der Waals surface area contributed by atoms with Crippen molar-refractivity contribution in [3.63, 3.8) is 0 Å². The van der Waals surface area contributed by atoms with Gasteiger partial charge in [-0.15, -0.1) is 0 Å². The highest BCUT2D eigenvalue weighted by Gasteiger charge is 2.19. The quantitative estimate of drug-likeness (QED) is 0.355. The van der Waals surface area contributed by atoms with Gasteiger partial charge in [-0.05, 0) is 18.6 Å². The topological polar surface area (TPSA) is 108 Å². The molecule has 0 heterocycles. The molecule has 0 radical (unpaired) electrons. The number of nitrogens with one attached hydrogen (secondary N) is 1. The normalized spacial score (nSPS) is 10.0. The number of anilines is 1. The van der Waals surface area contributed by atoms with Crippen LogP contribution in [0.2, 0.25) is 0 Å². The largest absolute Gasteiger partial charge is 0.465 e. The first-order valence-corrected chi connectivity index (χ1v) is 6.24. The molecule has 0 fully saturated rings. The number of rotatable bonds is 7. The Hall–Kier alpha value is -2.48. The van der Waals surface area contributed by atoms with E-state index in [2.05, 4.69) is 10.1 Å². The molecule has 0 bridgehead atoms. The summed E-state index contributed by atoms with van der Waals surface area (Å²) in [6.07, 6.45) is 0.765. The number of esters is 1. The highest BCUT2D eigenvalue weighted by atomic mass is 16.6. The van der Waals surface area contributed by atoms with Gasteiger partial charge in [-0.1, -0.05) is 6.92 Å². The van der Waals surface area contributed by atoms with E-state index in [-0.39, 0.29) is 23.5 Å². The number of methoxy groups -OCH3 is 1. The van der Waals surface area contributed by atoms with E-state index in [4.69, 9.17) is 4.74 Å². The highest BCUT2D eigenvalue weighted by molar-refractivity contribution is 5.96. The zero-order chi connectivity index (χ0) is 15.8. The number of hydrogen-bond donors (Lipinski definition) is 1.